The average Bonchev–Trinajstić information content (AvgIpc) is 2.76. The monoisotopic (exact) mass is 426 g/mol. The van der Waals surface area contributed by atoms with Crippen LogP contribution in [0, 0.1) is 5.92 Å². The Morgan fingerprint density at radius 3 is 2.55 bits per heavy atom. The van der Waals surface area contributed by atoms with Crippen LogP contribution >= 0.6 is 0 Å². The molecule has 31 heavy (non-hydrogen) atoms. The molecule has 1 saturated carbocycles. The number of aromatic nitrogens is 3. The number of likely N-dealkylation sites (tertiary alicyclic amines) is 1. The van der Waals surface area contributed by atoms with E-state index in [0.717, 1.165) is 82.2 Å². The van der Waals surface area contributed by atoms with Gasteiger partial charge >= 0.3 is 0 Å². The first-order valence-corrected chi connectivity index (χ1v) is 12.2. The number of hydrogen-bond acceptors (Lipinski definition) is 5. The standard InChI is InChI=1S/C25H38N4O2/c1-4-5-17(2)14-23-26-15-21-24(27-23)22(18-6-8-20(30)9-7-18)16-29(25(21)31)19-10-12-28(3)13-11-19/h15-20,30H,4-14H2,1-3H3. The third-order valence-corrected chi connectivity index (χ3v) is 7.39. The van der Waals surface area contributed by atoms with E-state index in [-0.39, 0.29) is 17.7 Å². The number of aliphatic hydroxyl groups is 1. The zero-order valence-electron chi connectivity index (χ0n) is 19.4. The molecule has 1 unspecified atom stereocenters. The third-order valence-electron chi connectivity index (χ3n) is 7.39. The zero-order chi connectivity index (χ0) is 22.0. The molecule has 1 aliphatic heterocycles. The number of aliphatic hydroxyl groups excluding tert-OH is 1. The Bertz CT molecular complexity index is 940. The SMILES string of the molecule is CCCC(C)Cc1ncc2c(=O)n(C3CCN(C)CC3)cc(C3CCC(O)CC3)c2n1. The van der Waals surface area contributed by atoms with Crippen molar-refractivity contribution in [2.24, 2.45) is 5.92 Å². The fraction of sp³-hybridized carbons (Fsp3) is 0.720. The predicted octanol–water partition coefficient (Wildman–Crippen LogP) is 4.06. The van der Waals surface area contributed by atoms with Gasteiger partial charge in [0.2, 0.25) is 0 Å². The fourth-order valence-electron chi connectivity index (χ4n) is 5.44. The Labute approximate surface area is 185 Å². The highest BCUT2D eigenvalue weighted by molar-refractivity contribution is 5.80. The summed E-state index contributed by atoms with van der Waals surface area (Å²) in [6.07, 6.45) is 12.4. The lowest BCUT2D eigenvalue weighted by molar-refractivity contribution is 0.122. The van der Waals surface area contributed by atoms with E-state index in [1.54, 1.807) is 6.20 Å². The van der Waals surface area contributed by atoms with E-state index in [0.29, 0.717) is 17.2 Å². The molecule has 1 N–H and O–H groups in total. The molecule has 2 aromatic heterocycles. The first-order valence-electron chi connectivity index (χ1n) is 12.2. The molecule has 0 amide bonds. The minimum Gasteiger partial charge on any atom is -0.393 e. The first kappa shape index (κ1) is 22.4. The van der Waals surface area contributed by atoms with Crippen molar-refractivity contribution in [1.29, 1.82) is 0 Å². The molecule has 3 heterocycles. The largest absolute Gasteiger partial charge is 0.393 e. The van der Waals surface area contributed by atoms with Crippen LogP contribution in [0.2, 0.25) is 0 Å². The van der Waals surface area contributed by atoms with E-state index in [2.05, 4.69) is 37.0 Å². The van der Waals surface area contributed by atoms with Crippen LogP contribution in [0.15, 0.2) is 17.2 Å². The molecule has 0 aromatic carbocycles. The van der Waals surface area contributed by atoms with Gasteiger partial charge in [0, 0.05) is 24.9 Å². The van der Waals surface area contributed by atoms with Crippen molar-refractivity contribution in [3.8, 4) is 0 Å². The summed E-state index contributed by atoms with van der Waals surface area (Å²) in [6.45, 7) is 6.49. The quantitative estimate of drug-likeness (QED) is 0.754. The molecule has 1 atom stereocenters. The van der Waals surface area contributed by atoms with Crippen LogP contribution < -0.4 is 5.56 Å². The highest BCUT2D eigenvalue weighted by atomic mass is 16.3. The third kappa shape index (κ3) is 5.01. The molecule has 6 nitrogen and oxygen atoms in total. The van der Waals surface area contributed by atoms with Gasteiger partial charge in [0.25, 0.3) is 5.56 Å². The lowest BCUT2D eigenvalue weighted by Crippen LogP contribution is -2.36. The number of nitrogens with zero attached hydrogens (tertiary/aromatic N) is 4. The lowest BCUT2D eigenvalue weighted by Gasteiger charge is -2.32. The highest BCUT2D eigenvalue weighted by Crippen LogP contribution is 2.36. The topological polar surface area (TPSA) is 71.2 Å². The Morgan fingerprint density at radius 1 is 1.16 bits per heavy atom. The molecule has 170 valence electrons. The maximum Gasteiger partial charge on any atom is 0.261 e. The zero-order valence-corrected chi connectivity index (χ0v) is 19.4. The summed E-state index contributed by atoms with van der Waals surface area (Å²) < 4.78 is 1.98. The maximum atomic E-state index is 13.5. The second-order valence-corrected chi connectivity index (χ2v) is 9.98. The molecule has 0 radical (unpaired) electrons. The number of rotatable bonds is 6. The van der Waals surface area contributed by atoms with E-state index < -0.39 is 0 Å². The van der Waals surface area contributed by atoms with Gasteiger partial charge in [-0.1, -0.05) is 26.7 Å². The molecule has 0 bridgehead atoms. The van der Waals surface area contributed by atoms with E-state index in [4.69, 9.17) is 4.98 Å². The van der Waals surface area contributed by atoms with Crippen LogP contribution in [0.5, 0.6) is 0 Å². The number of hydrogen-bond donors (Lipinski definition) is 1. The van der Waals surface area contributed by atoms with E-state index in [1.165, 1.54) is 5.56 Å². The maximum absolute atomic E-state index is 13.5. The van der Waals surface area contributed by atoms with Crippen LogP contribution in [-0.2, 0) is 6.42 Å². The Kier molecular flexibility index (Phi) is 7.07. The summed E-state index contributed by atoms with van der Waals surface area (Å²) in [5.41, 5.74) is 2.09. The van der Waals surface area contributed by atoms with Gasteiger partial charge in [-0.05, 0) is 76.1 Å². The second kappa shape index (κ2) is 9.78. The molecule has 1 aliphatic carbocycles. The van der Waals surface area contributed by atoms with Crippen molar-refractivity contribution in [2.75, 3.05) is 20.1 Å². The number of piperidine rings is 1. The molecule has 4 rings (SSSR count). The lowest BCUT2D eigenvalue weighted by atomic mass is 9.82. The van der Waals surface area contributed by atoms with E-state index >= 15 is 0 Å². The molecule has 6 heteroatoms. The molecule has 2 fully saturated rings. The Balaban J connectivity index is 1.76. The molecule has 2 aliphatic rings. The van der Waals surface area contributed by atoms with Gasteiger partial charge in [-0.15, -0.1) is 0 Å². The van der Waals surface area contributed by atoms with Crippen LogP contribution in [0.4, 0.5) is 0 Å². The number of pyridine rings is 1. The highest BCUT2D eigenvalue weighted by Gasteiger charge is 2.27. The summed E-state index contributed by atoms with van der Waals surface area (Å²) in [7, 11) is 2.15. The first-order chi connectivity index (χ1) is 15.0. The van der Waals surface area contributed by atoms with E-state index in [1.807, 2.05) is 4.57 Å². The normalized spacial score (nSPS) is 24.5. The Morgan fingerprint density at radius 2 is 1.87 bits per heavy atom. The van der Waals surface area contributed by atoms with Crippen LogP contribution in [0.25, 0.3) is 10.9 Å². The van der Waals surface area contributed by atoms with Crippen molar-refractivity contribution in [3.05, 3.63) is 34.1 Å². The van der Waals surface area contributed by atoms with Gasteiger partial charge in [0.1, 0.15) is 5.82 Å². The summed E-state index contributed by atoms with van der Waals surface area (Å²) in [4.78, 5) is 25.4. The number of fused-ring (bicyclic) bond motifs is 1. The van der Waals surface area contributed by atoms with Gasteiger partial charge in [-0.25, -0.2) is 9.97 Å². The van der Waals surface area contributed by atoms with Gasteiger partial charge < -0.3 is 14.6 Å². The van der Waals surface area contributed by atoms with Crippen molar-refractivity contribution >= 4 is 10.9 Å². The average molecular weight is 427 g/mol. The van der Waals surface area contributed by atoms with Crippen molar-refractivity contribution in [1.82, 2.24) is 19.4 Å². The molecule has 0 spiro atoms. The molecule has 2 aromatic rings. The predicted molar refractivity (Wildman–Crippen MR) is 125 cm³/mol. The summed E-state index contributed by atoms with van der Waals surface area (Å²) in [5.74, 6) is 1.73. The van der Waals surface area contributed by atoms with Gasteiger partial charge in [-0.3, -0.25) is 4.79 Å². The second-order valence-electron chi connectivity index (χ2n) is 9.98. The fourth-order valence-corrected chi connectivity index (χ4v) is 5.44. The molecular weight excluding hydrogens is 388 g/mol. The minimum absolute atomic E-state index is 0.0531. The molecule has 1 saturated heterocycles. The van der Waals surface area contributed by atoms with Crippen molar-refractivity contribution in [2.45, 2.75) is 89.7 Å². The van der Waals surface area contributed by atoms with Gasteiger partial charge in [0.15, 0.2) is 0 Å². The van der Waals surface area contributed by atoms with Crippen LogP contribution in [0.1, 0.15) is 88.6 Å². The summed E-state index contributed by atoms with van der Waals surface area (Å²) in [5, 5.41) is 10.7. The Hall–Kier alpha value is -1.79. The minimum atomic E-state index is -0.192. The van der Waals surface area contributed by atoms with Crippen molar-refractivity contribution in [3.63, 3.8) is 0 Å². The summed E-state index contributed by atoms with van der Waals surface area (Å²) in [6, 6.07) is 0.241. The molecular formula is C25H38N4O2. The van der Waals surface area contributed by atoms with E-state index in [9.17, 15) is 9.90 Å². The van der Waals surface area contributed by atoms with Crippen molar-refractivity contribution < 1.29 is 5.11 Å². The van der Waals surface area contributed by atoms with Crippen LogP contribution in [-0.4, -0.2) is 50.8 Å². The van der Waals surface area contributed by atoms with Gasteiger partial charge in [-0.2, -0.15) is 0 Å². The summed E-state index contributed by atoms with van der Waals surface area (Å²) >= 11 is 0. The van der Waals surface area contributed by atoms with Crippen LogP contribution in [0.3, 0.4) is 0 Å². The smallest absolute Gasteiger partial charge is 0.261 e. The van der Waals surface area contributed by atoms with Gasteiger partial charge in [0.05, 0.1) is 17.0 Å².